The van der Waals surface area contributed by atoms with Crippen molar-refractivity contribution in [2.24, 2.45) is 0 Å². The highest BCUT2D eigenvalue weighted by Gasteiger charge is 2.04. The minimum absolute atomic E-state index is 0.471. The molecule has 0 aromatic carbocycles. The maximum absolute atomic E-state index is 9.05. The van der Waals surface area contributed by atoms with Crippen molar-refractivity contribution in [3.8, 4) is 0 Å². The summed E-state index contributed by atoms with van der Waals surface area (Å²) in [4.78, 5) is 0. The Morgan fingerprint density at radius 1 is 1.80 bits per heavy atom. The molecule has 0 aliphatic heterocycles. The Kier molecular flexibility index (Phi) is 1.87. The van der Waals surface area contributed by atoms with E-state index >= 15 is 0 Å². The Balaban J connectivity index is 2.88. The van der Waals surface area contributed by atoms with Crippen molar-refractivity contribution in [3.05, 3.63) is 25.3 Å². The average Bonchev–Trinajstić information content (AvgIpc) is 2.34. The third-order valence-electron chi connectivity index (χ3n) is 1.32. The smallest absolute Gasteiger partial charge is 0.250 e. The lowest BCUT2D eigenvalue weighted by Gasteiger charge is -1.94. The quantitative estimate of drug-likeness (QED) is 0.590. The lowest BCUT2D eigenvalue weighted by Crippen LogP contribution is -2.34. The van der Waals surface area contributed by atoms with Crippen LogP contribution in [0.5, 0.6) is 0 Å². The van der Waals surface area contributed by atoms with Crippen molar-refractivity contribution in [3.63, 3.8) is 0 Å². The molecule has 0 radical (unpaired) electrons. The first-order valence-electron chi connectivity index (χ1n) is 3.13. The molecule has 0 saturated carbocycles. The van der Waals surface area contributed by atoms with E-state index in [4.69, 9.17) is 5.11 Å². The van der Waals surface area contributed by atoms with Gasteiger partial charge in [-0.15, -0.1) is 0 Å². The maximum atomic E-state index is 9.05. The van der Waals surface area contributed by atoms with Gasteiger partial charge in [-0.2, -0.15) is 0 Å². The zero-order valence-electron chi connectivity index (χ0n) is 5.94. The van der Waals surface area contributed by atoms with E-state index in [0.29, 0.717) is 0 Å². The molecule has 0 saturated heterocycles. The van der Waals surface area contributed by atoms with E-state index < -0.39 is 6.23 Å². The number of hydrogen-bond acceptors (Lipinski definition) is 1. The van der Waals surface area contributed by atoms with Crippen molar-refractivity contribution in [2.75, 3.05) is 0 Å². The summed E-state index contributed by atoms with van der Waals surface area (Å²) in [6.45, 7) is 5.27. The molecular weight excluding hydrogens is 128 g/mol. The van der Waals surface area contributed by atoms with Gasteiger partial charge in [-0.1, -0.05) is 6.58 Å². The molecule has 1 rings (SSSR count). The second kappa shape index (κ2) is 2.66. The third kappa shape index (κ3) is 1.25. The van der Waals surface area contributed by atoms with Crippen LogP contribution in [0.1, 0.15) is 13.2 Å². The molecular formula is C7H11N2O+. The Hall–Kier alpha value is -1.09. The summed E-state index contributed by atoms with van der Waals surface area (Å²) in [6, 6.07) is 0. The van der Waals surface area contributed by atoms with Gasteiger partial charge >= 0.3 is 0 Å². The van der Waals surface area contributed by atoms with Crippen LogP contribution < -0.4 is 4.57 Å². The summed E-state index contributed by atoms with van der Waals surface area (Å²) in [5.74, 6) is 0. The van der Waals surface area contributed by atoms with E-state index in [-0.39, 0.29) is 0 Å². The fraction of sp³-hybridized carbons (Fsp3) is 0.286. The first kappa shape index (κ1) is 7.02. The molecule has 1 heterocycles. The summed E-state index contributed by atoms with van der Waals surface area (Å²) in [7, 11) is 0. The van der Waals surface area contributed by atoms with Crippen LogP contribution in [-0.4, -0.2) is 9.67 Å². The minimum atomic E-state index is -0.471. The lowest BCUT2D eigenvalue weighted by atomic mass is 10.6. The normalized spacial score (nSPS) is 13.0. The fourth-order valence-electron chi connectivity index (χ4n) is 0.714. The molecule has 3 nitrogen and oxygen atoms in total. The zero-order valence-corrected chi connectivity index (χ0v) is 5.94. The van der Waals surface area contributed by atoms with Gasteiger partial charge in [-0.25, -0.2) is 9.13 Å². The van der Waals surface area contributed by atoms with Crippen molar-refractivity contribution >= 4 is 6.20 Å². The highest BCUT2D eigenvalue weighted by atomic mass is 16.3. The minimum Gasteiger partial charge on any atom is -0.355 e. The molecule has 1 N–H and O–H groups in total. The number of nitrogens with zero attached hydrogens (tertiary/aromatic N) is 2. The summed E-state index contributed by atoms with van der Waals surface area (Å²) >= 11 is 0. The maximum Gasteiger partial charge on any atom is 0.250 e. The van der Waals surface area contributed by atoms with Crippen molar-refractivity contribution in [2.45, 2.75) is 13.2 Å². The van der Waals surface area contributed by atoms with Gasteiger partial charge < -0.3 is 5.11 Å². The molecule has 0 spiro atoms. The summed E-state index contributed by atoms with van der Waals surface area (Å²) < 4.78 is 3.45. The van der Waals surface area contributed by atoms with Crippen molar-refractivity contribution in [1.29, 1.82) is 0 Å². The van der Waals surface area contributed by atoms with Gasteiger partial charge in [0.05, 0.1) is 6.20 Å². The largest absolute Gasteiger partial charge is 0.355 e. The second-order valence-corrected chi connectivity index (χ2v) is 2.12. The van der Waals surface area contributed by atoms with E-state index in [1.54, 1.807) is 34.8 Å². The molecule has 1 aromatic heterocycles. The molecule has 10 heavy (non-hydrogen) atoms. The zero-order chi connectivity index (χ0) is 7.56. The molecule has 0 bridgehead atoms. The summed E-state index contributed by atoms with van der Waals surface area (Å²) in [5.41, 5.74) is 0. The molecule has 1 unspecified atom stereocenters. The van der Waals surface area contributed by atoms with E-state index in [0.717, 1.165) is 0 Å². The van der Waals surface area contributed by atoms with Crippen LogP contribution in [0.3, 0.4) is 0 Å². The number of aromatic nitrogens is 2. The molecule has 1 aromatic rings. The van der Waals surface area contributed by atoms with Crippen LogP contribution in [0.25, 0.3) is 6.20 Å². The number of imidazole rings is 1. The monoisotopic (exact) mass is 139 g/mol. The van der Waals surface area contributed by atoms with Crippen LogP contribution in [0, 0.1) is 0 Å². The first-order valence-corrected chi connectivity index (χ1v) is 3.13. The van der Waals surface area contributed by atoms with Crippen LogP contribution in [0.15, 0.2) is 25.3 Å². The number of rotatable bonds is 2. The van der Waals surface area contributed by atoms with E-state index in [2.05, 4.69) is 6.58 Å². The van der Waals surface area contributed by atoms with E-state index in [1.165, 1.54) is 0 Å². The Bertz CT molecular complexity index is 227. The Labute approximate surface area is 59.8 Å². The van der Waals surface area contributed by atoms with Gasteiger partial charge in [0.15, 0.2) is 6.23 Å². The van der Waals surface area contributed by atoms with E-state index in [9.17, 15) is 0 Å². The first-order chi connectivity index (χ1) is 4.74. The van der Waals surface area contributed by atoms with Gasteiger partial charge in [-0.3, -0.25) is 0 Å². The SMILES string of the molecule is C=Cn1cc[n+](C(C)O)c1. The Morgan fingerprint density at radius 2 is 2.50 bits per heavy atom. The molecule has 0 fully saturated rings. The molecule has 0 aliphatic carbocycles. The van der Waals surface area contributed by atoms with Crippen LogP contribution in [-0.2, 0) is 0 Å². The van der Waals surface area contributed by atoms with Crippen LogP contribution in [0.2, 0.25) is 0 Å². The van der Waals surface area contributed by atoms with Crippen molar-refractivity contribution < 1.29 is 9.67 Å². The van der Waals surface area contributed by atoms with E-state index in [1.807, 2.05) is 6.20 Å². The van der Waals surface area contributed by atoms with Gasteiger partial charge in [0.1, 0.15) is 12.4 Å². The standard InChI is InChI=1S/C7H11N2O/c1-3-8-4-5-9(6-8)7(2)10/h3-7,10H,1H2,2H3/q+1. The molecule has 3 heteroatoms. The highest BCUT2D eigenvalue weighted by Crippen LogP contribution is 1.88. The molecule has 54 valence electrons. The van der Waals surface area contributed by atoms with Crippen molar-refractivity contribution in [1.82, 2.24) is 4.57 Å². The van der Waals surface area contributed by atoms with Crippen LogP contribution >= 0.6 is 0 Å². The highest BCUT2D eigenvalue weighted by molar-refractivity contribution is 5.12. The topological polar surface area (TPSA) is 29.0 Å². The summed E-state index contributed by atoms with van der Waals surface area (Å²) in [6.07, 6.45) is 6.56. The van der Waals surface area contributed by atoms with Gasteiger partial charge in [0.25, 0.3) is 6.33 Å². The molecule has 1 atom stereocenters. The fourth-order valence-corrected chi connectivity index (χ4v) is 0.714. The Morgan fingerprint density at radius 3 is 2.80 bits per heavy atom. The third-order valence-corrected chi connectivity index (χ3v) is 1.32. The molecule has 0 aliphatic rings. The van der Waals surface area contributed by atoms with Gasteiger partial charge in [-0.05, 0) is 0 Å². The second-order valence-electron chi connectivity index (χ2n) is 2.12. The number of aliphatic hydroxyl groups excluding tert-OH is 1. The number of hydrogen-bond donors (Lipinski definition) is 1. The van der Waals surface area contributed by atoms with Gasteiger partial charge in [0, 0.05) is 6.92 Å². The van der Waals surface area contributed by atoms with Gasteiger partial charge in [0.2, 0.25) is 0 Å². The van der Waals surface area contributed by atoms with Crippen LogP contribution in [0.4, 0.5) is 0 Å². The summed E-state index contributed by atoms with van der Waals surface area (Å²) in [5, 5.41) is 9.05. The molecule has 0 amide bonds. The predicted molar refractivity (Wildman–Crippen MR) is 37.9 cm³/mol. The predicted octanol–water partition coefficient (Wildman–Crippen LogP) is 0.387. The number of aliphatic hydroxyl groups is 1. The average molecular weight is 139 g/mol. The lowest BCUT2D eigenvalue weighted by molar-refractivity contribution is -0.755.